The lowest BCUT2D eigenvalue weighted by molar-refractivity contribution is 0.0282. The van der Waals surface area contributed by atoms with E-state index in [2.05, 4.69) is 10.2 Å². The number of carbonyl (C=O) groups excluding carboxylic acids is 1. The second kappa shape index (κ2) is 10.5. The predicted octanol–water partition coefficient (Wildman–Crippen LogP) is 2.84. The number of aromatic nitrogens is 1. The Labute approximate surface area is 237 Å². The lowest BCUT2D eigenvalue weighted by Gasteiger charge is -2.30. The molecule has 5 rings (SSSR count). The minimum atomic E-state index is -5.67. The van der Waals surface area contributed by atoms with Gasteiger partial charge in [0.25, 0.3) is 0 Å². The minimum Gasteiger partial charge on any atom is -0.492 e. The smallest absolute Gasteiger partial charge is 0.381 e. The number of methoxy groups -OCH3 is 1. The Bertz CT molecular complexity index is 1500. The molecule has 2 saturated heterocycles. The number of benzene rings is 1. The number of anilines is 1. The maximum atomic E-state index is 13.8. The summed E-state index contributed by atoms with van der Waals surface area (Å²) in [6, 6.07) is 2.01. The lowest BCUT2D eigenvalue weighted by Crippen LogP contribution is -2.40. The van der Waals surface area contributed by atoms with E-state index in [1.807, 2.05) is 13.8 Å². The summed E-state index contributed by atoms with van der Waals surface area (Å²) in [5, 5.41) is 0.300. The van der Waals surface area contributed by atoms with Crippen molar-refractivity contribution in [2.24, 2.45) is 5.92 Å². The third-order valence-corrected chi connectivity index (χ3v) is 12.5. The van der Waals surface area contributed by atoms with Gasteiger partial charge < -0.3 is 43.8 Å². The third-order valence-electron chi connectivity index (χ3n) is 8.54. The highest BCUT2D eigenvalue weighted by atomic mass is 31.2. The van der Waals surface area contributed by atoms with Gasteiger partial charge in [-0.15, -0.1) is 0 Å². The fourth-order valence-electron chi connectivity index (χ4n) is 5.99. The molecule has 0 spiro atoms. The zero-order valence-electron chi connectivity index (χ0n) is 23.4. The van der Waals surface area contributed by atoms with Crippen LogP contribution in [-0.2, 0) is 13.9 Å². The molecule has 3 heterocycles. The van der Waals surface area contributed by atoms with E-state index in [9.17, 15) is 38.3 Å². The number of nitrogens with one attached hydrogen (secondary N) is 1. The number of ether oxygens (including phenoxy) is 2. The normalized spacial score (nSPS) is 21.8. The van der Waals surface area contributed by atoms with Gasteiger partial charge in [0.15, 0.2) is 5.75 Å². The van der Waals surface area contributed by atoms with E-state index in [0.29, 0.717) is 30.1 Å². The van der Waals surface area contributed by atoms with Gasteiger partial charge in [0, 0.05) is 31.4 Å². The third kappa shape index (κ3) is 5.16. The SMILES string of the molecule is COc1c(N2CC3CCCN[C@H]3C2)c(C(C)C)cc2c(=O)c(C(=O)OC(C)(P(=O)(O)O)P(=O)(O)O)cn(C3CC3)c12. The van der Waals surface area contributed by atoms with Gasteiger partial charge in [-0.25, -0.2) is 4.79 Å². The maximum Gasteiger partial charge on any atom is 0.381 e. The number of piperidine rings is 1. The number of nitrogens with zero attached hydrogens (tertiary/aromatic N) is 2. The summed E-state index contributed by atoms with van der Waals surface area (Å²) in [4.78, 5) is 68.1. The Kier molecular flexibility index (Phi) is 7.73. The zero-order valence-corrected chi connectivity index (χ0v) is 25.2. The number of rotatable bonds is 8. The molecule has 1 unspecified atom stereocenters. The summed E-state index contributed by atoms with van der Waals surface area (Å²) in [6.45, 7) is 7.04. The summed E-state index contributed by atoms with van der Waals surface area (Å²) in [6.07, 6.45) is 5.01. The van der Waals surface area contributed by atoms with E-state index in [0.717, 1.165) is 56.6 Å². The molecular weight excluding hydrogens is 576 g/mol. The van der Waals surface area contributed by atoms with Crippen LogP contribution < -0.4 is 20.4 Å². The molecule has 2 atom stereocenters. The second-order valence-electron chi connectivity index (χ2n) is 11.7. The van der Waals surface area contributed by atoms with Crippen molar-refractivity contribution in [2.45, 2.75) is 69.5 Å². The number of pyridine rings is 1. The summed E-state index contributed by atoms with van der Waals surface area (Å²) in [7, 11) is -9.81. The molecule has 2 aromatic rings. The van der Waals surface area contributed by atoms with Crippen LogP contribution in [0, 0.1) is 5.92 Å². The van der Waals surface area contributed by atoms with E-state index in [1.54, 1.807) is 17.7 Å². The van der Waals surface area contributed by atoms with Crippen molar-refractivity contribution >= 4 is 37.8 Å². The van der Waals surface area contributed by atoms with Crippen LogP contribution in [0.25, 0.3) is 10.9 Å². The van der Waals surface area contributed by atoms with E-state index in [1.165, 1.54) is 6.20 Å². The minimum absolute atomic E-state index is 0.0316. The summed E-state index contributed by atoms with van der Waals surface area (Å²) < 4.78 is 36.6. The van der Waals surface area contributed by atoms with Crippen LogP contribution in [0.2, 0.25) is 0 Å². The Balaban J connectivity index is 1.70. The van der Waals surface area contributed by atoms with Crippen molar-refractivity contribution in [3.8, 4) is 5.75 Å². The Morgan fingerprint density at radius 1 is 1.12 bits per heavy atom. The molecular formula is C26H37N3O10P2. The molecule has 13 nitrogen and oxygen atoms in total. The Hall–Kier alpha value is -2.24. The number of fused-ring (bicyclic) bond motifs is 2. The zero-order chi connectivity index (χ0) is 30.1. The second-order valence-corrected chi connectivity index (χ2v) is 15.9. The van der Waals surface area contributed by atoms with Gasteiger partial charge in [-0.3, -0.25) is 13.9 Å². The van der Waals surface area contributed by atoms with Gasteiger partial charge in [-0.1, -0.05) is 13.8 Å². The molecule has 15 heteroatoms. The number of carbonyl (C=O) groups is 1. The van der Waals surface area contributed by atoms with Crippen molar-refractivity contribution in [2.75, 3.05) is 31.6 Å². The summed E-state index contributed by atoms with van der Waals surface area (Å²) in [5.74, 6) is -0.575. The summed E-state index contributed by atoms with van der Waals surface area (Å²) in [5.41, 5.74) is 0.855. The van der Waals surface area contributed by atoms with Crippen LogP contribution in [0.4, 0.5) is 5.69 Å². The van der Waals surface area contributed by atoms with Gasteiger partial charge in [-0.2, -0.15) is 0 Å². The quantitative estimate of drug-likeness (QED) is 0.217. The highest BCUT2D eigenvalue weighted by molar-refractivity contribution is 7.72. The highest BCUT2D eigenvalue weighted by Crippen LogP contribution is 2.69. The maximum absolute atomic E-state index is 13.8. The molecule has 1 aromatic carbocycles. The van der Waals surface area contributed by atoms with Crippen molar-refractivity contribution in [1.82, 2.24) is 9.88 Å². The lowest BCUT2D eigenvalue weighted by atomic mass is 9.94. The number of hydrogen-bond acceptors (Lipinski definition) is 8. The van der Waals surface area contributed by atoms with Crippen LogP contribution in [0.5, 0.6) is 5.75 Å². The molecule has 5 N–H and O–H groups in total. The summed E-state index contributed by atoms with van der Waals surface area (Å²) >= 11 is 0. The van der Waals surface area contributed by atoms with Gasteiger partial charge >= 0.3 is 26.2 Å². The molecule has 1 saturated carbocycles. The van der Waals surface area contributed by atoms with E-state index >= 15 is 0 Å². The molecule has 41 heavy (non-hydrogen) atoms. The first-order chi connectivity index (χ1) is 19.1. The molecule has 0 amide bonds. The van der Waals surface area contributed by atoms with E-state index < -0.39 is 37.2 Å². The predicted molar refractivity (Wildman–Crippen MR) is 152 cm³/mol. The van der Waals surface area contributed by atoms with Crippen molar-refractivity contribution in [1.29, 1.82) is 0 Å². The average molecular weight is 614 g/mol. The molecule has 1 aliphatic carbocycles. The topological polar surface area (TPSA) is 188 Å². The van der Waals surface area contributed by atoms with Crippen molar-refractivity contribution in [3.63, 3.8) is 0 Å². The fraction of sp³-hybridized carbons (Fsp3) is 0.615. The molecule has 3 aliphatic rings. The first-order valence-electron chi connectivity index (χ1n) is 13.7. The number of hydrogen-bond donors (Lipinski definition) is 5. The van der Waals surface area contributed by atoms with Crippen LogP contribution in [0.1, 0.15) is 74.3 Å². The van der Waals surface area contributed by atoms with Crippen molar-refractivity contribution < 1.29 is 43.0 Å². The first kappa shape index (κ1) is 30.2. The number of esters is 1. The average Bonchev–Trinajstić information content (AvgIpc) is 3.64. The first-order valence-corrected chi connectivity index (χ1v) is 16.9. The van der Waals surface area contributed by atoms with Gasteiger partial charge in [-0.05, 0) is 62.6 Å². The van der Waals surface area contributed by atoms with Gasteiger partial charge in [0.1, 0.15) is 5.56 Å². The van der Waals surface area contributed by atoms with Crippen LogP contribution in [0.15, 0.2) is 17.1 Å². The van der Waals surface area contributed by atoms with Gasteiger partial charge in [0.2, 0.25) is 5.43 Å². The van der Waals surface area contributed by atoms with Gasteiger partial charge in [0.05, 0.1) is 23.7 Å². The van der Waals surface area contributed by atoms with Crippen LogP contribution in [-0.4, -0.2) is 68.0 Å². The molecule has 1 aromatic heterocycles. The van der Waals surface area contributed by atoms with Crippen LogP contribution in [0.3, 0.4) is 0 Å². The monoisotopic (exact) mass is 613 g/mol. The molecule has 0 radical (unpaired) electrons. The van der Waals surface area contributed by atoms with Crippen molar-refractivity contribution in [3.05, 3.63) is 33.6 Å². The Morgan fingerprint density at radius 2 is 1.78 bits per heavy atom. The molecule has 226 valence electrons. The van der Waals surface area contributed by atoms with Crippen LogP contribution >= 0.6 is 15.2 Å². The van der Waals surface area contributed by atoms with E-state index in [-0.39, 0.29) is 17.3 Å². The molecule has 0 bridgehead atoms. The fourth-order valence-corrected chi connectivity index (χ4v) is 7.75. The molecule has 2 aliphatic heterocycles. The Morgan fingerprint density at radius 3 is 2.32 bits per heavy atom. The largest absolute Gasteiger partial charge is 0.492 e. The van der Waals surface area contributed by atoms with E-state index in [4.69, 9.17) is 9.47 Å². The highest BCUT2D eigenvalue weighted by Gasteiger charge is 2.60. The standard InChI is InChI=1S/C26H37N3O10P2/c1-14(2)17-10-18-22(24(38-4)21(17)28-11-15-6-5-9-27-20(15)13-28)29(16-7-8-16)12-19(23(18)30)25(31)39-26(3,40(32,33)34)41(35,36)37/h10,12,14-16,20,27H,5-9,11,13H2,1-4H3,(H2,32,33,34)(H2,35,36,37)/t15?,20-/m0/s1. The molecule has 3 fully saturated rings.